The molecule has 0 spiro atoms. The molecule has 0 saturated heterocycles. The van der Waals surface area contributed by atoms with E-state index in [2.05, 4.69) is 0 Å². The molecule has 0 bridgehead atoms. The summed E-state index contributed by atoms with van der Waals surface area (Å²) < 4.78 is 90.4. The molecule has 4 nitrogen and oxygen atoms in total. The third kappa shape index (κ3) is 5.02. The monoisotopic (exact) mass is 519 g/mol. The molecule has 0 aromatic heterocycles. The Balaban J connectivity index is 1.82. The Labute approximate surface area is 202 Å². The summed E-state index contributed by atoms with van der Waals surface area (Å²) in [7, 11) is -1.86. The molecule has 0 aliphatic carbocycles. The van der Waals surface area contributed by atoms with Crippen molar-refractivity contribution >= 4 is 20.6 Å². The molecule has 11 heteroatoms. The summed E-state index contributed by atoms with van der Waals surface area (Å²) in [5.74, 6) is -7.94. The van der Waals surface area contributed by atoms with E-state index in [1.54, 1.807) is 6.07 Å². The van der Waals surface area contributed by atoms with E-state index < -0.39 is 60.7 Å². The van der Waals surface area contributed by atoms with Crippen molar-refractivity contribution < 1.29 is 35.7 Å². The Hall–Kier alpha value is -3.96. The van der Waals surface area contributed by atoms with E-state index in [0.717, 1.165) is 0 Å². The second kappa shape index (κ2) is 10.3. The summed E-state index contributed by atoms with van der Waals surface area (Å²) in [5, 5.41) is 11.5. The number of hydrogen-bond donors (Lipinski definition) is 0. The highest BCUT2D eigenvalue weighted by atomic mass is 28.2. The highest BCUT2D eigenvalue weighted by Crippen LogP contribution is 2.35. The maximum atomic E-state index is 14.8. The van der Waals surface area contributed by atoms with Crippen LogP contribution in [0.1, 0.15) is 5.56 Å². The van der Waals surface area contributed by atoms with Gasteiger partial charge in [0.2, 0.25) is 0 Å². The van der Waals surface area contributed by atoms with Crippen molar-refractivity contribution in [1.82, 2.24) is 0 Å². The third-order valence-electron chi connectivity index (χ3n) is 5.43. The summed E-state index contributed by atoms with van der Waals surface area (Å²) in [6.45, 7) is -0.174. The van der Waals surface area contributed by atoms with Gasteiger partial charge in [0.05, 0.1) is 17.1 Å². The highest BCUT2D eigenvalue weighted by molar-refractivity contribution is 6.50. The van der Waals surface area contributed by atoms with Gasteiger partial charge in [-0.15, -0.1) is 0 Å². The van der Waals surface area contributed by atoms with Crippen LogP contribution in [0.5, 0.6) is 0 Å². The molecule has 184 valence electrons. The largest absolute Gasteiger partial charge is 0.414 e. The first-order valence-electron chi connectivity index (χ1n) is 10.4. The van der Waals surface area contributed by atoms with Crippen molar-refractivity contribution in [3.63, 3.8) is 0 Å². The van der Waals surface area contributed by atoms with Gasteiger partial charge in [0.1, 0.15) is 11.6 Å². The first-order chi connectivity index (χ1) is 17.2. The number of hydrogen-bond acceptors (Lipinski definition) is 3. The fourth-order valence-electron chi connectivity index (χ4n) is 3.79. The van der Waals surface area contributed by atoms with Gasteiger partial charge in [-0.25, -0.2) is 26.3 Å². The van der Waals surface area contributed by atoms with E-state index in [1.165, 1.54) is 36.4 Å². The lowest BCUT2D eigenvalue weighted by molar-refractivity contribution is -0.385. The molecule has 0 atom stereocenters. The Bertz CT molecular complexity index is 1480. The molecule has 0 amide bonds. The predicted octanol–water partition coefficient (Wildman–Crippen LogP) is 5.69. The van der Waals surface area contributed by atoms with Crippen LogP contribution in [-0.2, 0) is 11.0 Å². The van der Waals surface area contributed by atoms with E-state index >= 15 is 0 Å². The molecular weight excluding hydrogens is 504 g/mol. The van der Waals surface area contributed by atoms with Gasteiger partial charge in [-0.2, -0.15) is 0 Å². The van der Waals surface area contributed by atoms with Crippen LogP contribution in [0.25, 0.3) is 22.3 Å². The standard InChI is InChI=1S/C25H15F6NO3Si/c26-17-10-21(30)19(28)8-15(17)14-5-3-7-24(25(14)16-9-20(29)22(31)11-18(16)27)36-35-12-13-4-1-2-6-23(13)32(33)34/h1-11H,12,36H2. The second-order valence-electron chi connectivity index (χ2n) is 7.71. The van der Waals surface area contributed by atoms with Crippen molar-refractivity contribution in [2.45, 2.75) is 6.61 Å². The predicted molar refractivity (Wildman–Crippen MR) is 123 cm³/mol. The number of halogens is 6. The van der Waals surface area contributed by atoms with Crippen LogP contribution in [0.15, 0.2) is 66.7 Å². The molecule has 0 aliphatic rings. The lowest BCUT2D eigenvalue weighted by Gasteiger charge is -2.17. The summed E-state index contributed by atoms with van der Waals surface area (Å²) in [6, 6.07) is 11.9. The van der Waals surface area contributed by atoms with E-state index in [1.807, 2.05) is 0 Å². The van der Waals surface area contributed by atoms with E-state index in [9.17, 15) is 36.5 Å². The number of nitro benzene ring substituents is 1. The van der Waals surface area contributed by atoms with Gasteiger partial charge < -0.3 is 4.43 Å². The molecule has 0 fully saturated rings. The quantitative estimate of drug-likeness (QED) is 0.104. The zero-order valence-corrected chi connectivity index (χ0v) is 19.6. The molecule has 4 aromatic carbocycles. The Morgan fingerprint density at radius 2 is 1.28 bits per heavy atom. The minimum Gasteiger partial charge on any atom is -0.414 e. The SMILES string of the molecule is O=[N+]([O-])c1ccccc1CO[SiH2]c1cccc(-c2cc(F)c(F)cc2F)c1-c1cc(F)c(F)cc1F. The summed E-state index contributed by atoms with van der Waals surface area (Å²) in [4.78, 5) is 10.7. The molecule has 0 heterocycles. The van der Waals surface area contributed by atoms with Crippen LogP contribution in [-0.4, -0.2) is 14.7 Å². The van der Waals surface area contributed by atoms with Gasteiger partial charge in [-0.1, -0.05) is 30.3 Å². The van der Waals surface area contributed by atoms with Crippen molar-refractivity contribution in [3.05, 3.63) is 117 Å². The molecule has 4 aromatic rings. The van der Waals surface area contributed by atoms with Gasteiger partial charge >= 0.3 is 0 Å². The number of para-hydroxylation sites is 1. The molecular formula is C25H15F6NO3Si. The van der Waals surface area contributed by atoms with E-state index in [4.69, 9.17) is 4.43 Å². The Kier molecular flexibility index (Phi) is 7.22. The average Bonchev–Trinajstić information content (AvgIpc) is 2.84. The smallest absolute Gasteiger partial charge is 0.274 e. The van der Waals surface area contributed by atoms with Crippen LogP contribution in [0.3, 0.4) is 0 Å². The van der Waals surface area contributed by atoms with Crippen molar-refractivity contribution in [2.24, 2.45) is 0 Å². The van der Waals surface area contributed by atoms with Gasteiger partial charge in [-0.3, -0.25) is 10.1 Å². The molecule has 0 unspecified atom stereocenters. The minimum absolute atomic E-state index is 0.0898. The molecule has 0 N–H and O–H groups in total. The first-order valence-corrected chi connectivity index (χ1v) is 11.7. The molecule has 0 radical (unpaired) electrons. The molecule has 0 saturated carbocycles. The number of nitrogens with zero attached hydrogens (tertiary/aromatic N) is 1. The zero-order chi connectivity index (χ0) is 26.0. The molecule has 4 rings (SSSR count). The fourth-order valence-corrected chi connectivity index (χ4v) is 5.09. The Morgan fingerprint density at radius 1 is 0.694 bits per heavy atom. The topological polar surface area (TPSA) is 52.4 Å². The van der Waals surface area contributed by atoms with Crippen LogP contribution in [0.2, 0.25) is 0 Å². The number of benzene rings is 4. The van der Waals surface area contributed by atoms with Crippen LogP contribution in [0.4, 0.5) is 32.0 Å². The summed E-state index contributed by atoms with van der Waals surface area (Å²) in [5.41, 5.74) is -0.953. The van der Waals surface area contributed by atoms with Crippen molar-refractivity contribution in [1.29, 1.82) is 0 Å². The highest BCUT2D eigenvalue weighted by Gasteiger charge is 2.22. The lowest BCUT2D eigenvalue weighted by Crippen LogP contribution is -2.21. The summed E-state index contributed by atoms with van der Waals surface area (Å²) >= 11 is 0. The van der Waals surface area contributed by atoms with Gasteiger partial charge in [-0.05, 0) is 34.5 Å². The van der Waals surface area contributed by atoms with Crippen LogP contribution < -0.4 is 5.19 Å². The Morgan fingerprint density at radius 3 is 1.94 bits per heavy atom. The fraction of sp³-hybridized carbons (Fsp3) is 0.0400. The van der Waals surface area contributed by atoms with E-state index in [0.29, 0.717) is 29.5 Å². The second-order valence-corrected chi connectivity index (χ2v) is 9.17. The van der Waals surface area contributed by atoms with Crippen molar-refractivity contribution in [2.75, 3.05) is 0 Å². The van der Waals surface area contributed by atoms with E-state index in [-0.39, 0.29) is 29.0 Å². The number of nitro groups is 1. The van der Waals surface area contributed by atoms with Crippen LogP contribution >= 0.6 is 0 Å². The summed E-state index contributed by atoms with van der Waals surface area (Å²) in [6.07, 6.45) is 0. The molecule has 36 heavy (non-hydrogen) atoms. The first kappa shape index (κ1) is 25.1. The van der Waals surface area contributed by atoms with Gasteiger partial charge in [0.15, 0.2) is 33.0 Å². The maximum Gasteiger partial charge on any atom is 0.274 e. The lowest BCUT2D eigenvalue weighted by atomic mass is 9.93. The normalized spacial score (nSPS) is 11.4. The van der Waals surface area contributed by atoms with Crippen LogP contribution in [0, 0.1) is 45.0 Å². The van der Waals surface area contributed by atoms with Crippen molar-refractivity contribution in [3.8, 4) is 22.3 Å². The number of rotatable bonds is 7. The van der Waals surface area contributed by atoms with Gasteiger partial charge in [0, 0.05) is 29.3 Å². The molecule has 0 aliphatic heterocycles. The zero-order valence-electron chi connectivity index (χ0n) is 18.2. The van der Waals surface area contributed by atoms with Gasteiger partial charge in [0.25, 0.3) is 5.69 Å². The minimum atomic E-state index is -1.86. The average molecular weight is 519 g/mol. The third-order valence-corrected chi connectivity index (χ3v) is 6.74. The maximum absolute atomic E-state index is 14.8.